The van der Waals surface area contributed by atoms with E-state index in [-0.39, 0.29) is 11.5 Å². The molecule has 0 amide bonds. The van der Waals surface area contributed by atoms with Gasteiger partial charge >= 0.3 is 0 Å². The molecule has 4 nitrogen and oxygen atoms in total. The summed E-state index contributed by atoms with van der Waals surface area (Å²) in [5.74, 6) is 0.666. The topological polar surface area (TPSA) is 66.4 Å². The Kier molecular flexibility index (Phi) is 5.41. The summed E-state index contributed by atoms with van der Waals surface area (Å²) in [6.45, 7) is 4.02. The molecule has 5 heteroatoms. The molecule has 1 fully saturated rings. The lowest BCUT2D eigenvalue weighted by Crippen LogP contribution is -2.27. The molecule has 0 spiro atoms. The molecule has 118 valence electrons. The number of hydrogen-bond donors (Lipinski definition) is 2. The van der Waals surface area contributed by atoms with E-state index in [4.69, 9.17) is 0 Å². The van der Waals surface area contributed by atoms with Crippen LogP contribution in [0.2, 0.25) is 0 Å². The first-order valence-corrected chi connectivity index (χ1v) is 9.13. The Morgan fingerprint density at radius 1 is 1.24 bits per heavy atom. The van der Waals surface area contributed by atoms with Gasteiger partial charge < -0.3 is 5.11 Å². The van der Waals surface area contributed by atoms with Gasteiger partial charge in [0.1, 0.15) is 0 Å². The average molecular weight is 311 g/mol. The Bertz CT molecular complexity index is 590. The van der Waals surface area contributed by atoms with E-state index in [9.17, 15) is 13.5 Å². The van der Waals surface area contributed by atoms with Crippen molar-refractivity contribution in [3.63, 3.8) is 0 Å². The van der Waals surface area contributed by atoms with E-state index in [1.54, 1.807) is 6.07 Å². The van der Waals surface area contributed by atoms with Crippen LogP contribution in [0.1, 0.15) is 48.8 Å². The summed E-state index contributed by atoms with van der Waals surface area (Å²) in [5.41, 5.74) is 2.27. The summed E-state index contributed by atoms with van der Waals surface area (Å²) in [4.78, 5) is 0.290. The predicted molar refractivity (Wildman–Crippen MR) is 83.6 cm³/mol. The van der Waals surface area contributed by atoms with Crippen LogP contribution in [0.3, 0.4) is 0 Å². The molecule has 0 aliphatic heterocycles. The minimum Gasteiger partial charge on any atom is -0.392 e. The molecule has 0 saturated heterocycles. The van der Waals surface area contributed by atoms with E-state index in [0.717, 1.165) is 17.5 Å². The molecule has 1 saturated carbocycles. The first-order valence-electron chi connectivity index (χ1n) is 7.64. The summed E-state index contributed by atoms with van der Waals surface area (Å²) in [7, 11) is -3.50. The molecule has 1 aliphatic carbocycles. The van der Waals surface area contributed by atoms with E-state index in [1.165, 1.54) is 25.7 Å². The number of benzene rings is 1. The highest BCUT2D eigenvalue weighted by Crippen LogP contribution is 2.27. The maximum Gasteiger partial charge on any atom is 0.240 e. The zero-order chi connectivity index (χ0) is 15.5. The van der Waals surface area contributed by atoms with Crippen LogP contribution in [0.5, 0.6) is 0 Å². The lowest BCUT2D eigenvalue weighted by atomic mass is 10.1. The van der Waals surface area contributed by atoms with Crippen LogP contribution in [-0.4, -0.2) is 20.1 Å². The van der Waals surface area contributed by atoms with Crippen LogP contribution in [0, 0.1) is 19.8 Å². The summed E-state index contributed by atoms with van der Waals surface area (Å²) < 4.78 is 27.6. The van der Waals surface area contributed by atoms with Crippen LogP contribution in [-0.2, 0) is 16.6 Å². The quantitative estimate of drug-likeness (QED) is 0.849. The Hall–Kier alpha value is -0.910. The van der Waals surface area contributed by atoms with Crippen molar-refractivity contribution in [2.75, 3.05) is 6.54 Å². The second kappa shape index (κ2) is 6.90. The highest BCUT2D eigenvalue weighted by Gasteiger charge is 2.20. The van der Waals surface area contributed by atoms with E-state index in [0.29, 0.717) is 18.0 Å². The zero-order valence-electron chi connectivity index (χ0n) is 12.9. The molecule has 1 aromatic rings. The molecular weight excluding hydrogens is 286 g/mol. The summed E-state index contributed by atoms with van der Waals surface area (Å²) in [6, 6.07) is 3.40. The van der Waals surface area contributed by atoms with Gasteiger partial charge in [-0.3, -0.25) is 0 Å². The van der Waals surface area contributed by atoms with Crippen molar-refractivity contribution < 1.29 is 13.5 Å². The van der Waals surface area contributed by atoms with Gasteiger partial charge in [-0.05, 0) is 48.9 Å². The lowest BCUT2D eigenvalue weighted by Gasteiger charge is -2.14. The van der Waals surface area contributed by atoms with E-state index in [1.807, 2.05) is 19.9 Å². The Labute approximate surface area is 127 Å². The molecule has 1 aliphatic rings. The smallest absolute Gasteiger partial charge is 0.240 e. The van der Waals surface area contributed by atoms with E-state index < -0.39 is 10.0 Å². The van der Waals surface area contributed by atoms with Crippen molar-refractivity contribution in [1.82, 2.24) is 4.72 Å². The molecule has 0 atom stereocenters. The van der Waals surface area contributed by atoms with Gasteiger partial charge in [0.15, 0.2) is 0 Å². The standard InChI is InChI=1S/C16H25NO3S/c1-12-9-15(11-18)10-16(13(12)2)21(19,20)17-8-7-14-5-3-4-6-14/h9-10,14,17-18H,3-8,11H2,1-2H3. The van der Waals surface area contributed by atoms with Gasteiger partial charge in [-0.1, -0.05) is 31.7 Å². The lowest BCUT2D eigenvalue weighted by molar-refractivity contribution is 0.281. The monoisotopic (exact) mass is 311 g/mol. The van der Waals surface area contributed by atoms with Crippen molar-refractivity contribution in [3.05, 3.63) is 28.8 Å². The van der Waals surface area contributed by atoms with Crippen LogP contribution in [0.15, 0.2) is 17.0 Å². The Morgan fingerprint density at radius 3 is 2.52 bits per heavy atom. The Morgan fingerprint density at radius 2 is 1.90 bits per heavy atom. The number of nitrogens with one attached hydrogen (secondary N) is 1. The van der Waals surface area contributed by atoms with Gasteiger partial charge in [0.05, 0.1) is 11.5 Å². The SMILES string of the molecule is Cc1cc(CO)cc(S(=O)(=O)NCCC2CCCC2)c1C. The second-order valence-electron chi connectivity index (χ2n) is 6.03. The first kappa shape index (κ1) is 16.5. The van der Waals surface area contributed by atoms with Crippen molar-refractivity contribution in [2.45, 2.75) is 57.5 Å². The summed E-state index contributed by atoms with van der Waals surface area (Å²) in [6.07, 6.45) is 5.90. The number of hydrogen-bond acceptors (Lipinski definition) is 3. The molecule has 2 N–H and O–H groups in total. The largest absolute Gasteiger partial charge is 0.392 e. The molecule has 0 bridgehead atoms. The number of rotatable bonds is 6. The van der Waals surface area contributed by atoms with E-state index >= 15 is 0 Å². The molecule has 0 unspecified atom stereocenters. The minimum atomic E-state index is -3.50. The maximum atomic E-state index is 12.5. The zero-order valence-corrected chi connectivity index (χ0v) is 13.7. The Balaban J connectivity index is 2.09. The van der Waals surface area contributed by atoms with Gasteiger partial charge in [0, 0.05) is 6.54 Å². The number of aliphatic hydroxyl groups excluding tert-OH is 1. The van der Waals surface area contributed by atoms with Crippen molar-refractivity contribution >= 4 is 10.0 Å². The highest BCUT2D eigenvalue weighted by molar-refractivity contribution is 7.89. The van der Waals surface area contributed by atoms with Gasteiger partial charge in [0.2, 0.25) is 10.0 Å². The van der Waals surface area contributed by atoms with Crippen LogP contribution in [0.25, 0.3) is 0 Å². The third-order valence-electron chi connectivity index (χ3n) is 4.47. The third kappa shape index (κ3) is 4.05. The third-order valence-corrected chi connectivity index (χ3v) is 6.06. The first-order chi connectivity index (χ1) is 9.94. The fraction of sp³-hybridized carbons (Fsp3) is 0.625. The average Bonchev–Trinajstić information content (AvgIpc) is 2.94. The van der Waals surface area contributed by atoms with Crippen LogP contribution < -0.4 is 4.72 Å². The molecule has 1 aromatic carbocycles. The van der Waals surface area contributed by atoms with Crippen molar-refractivity contribution in [2.24, 2.45) is 5.92 Å². The van der Waals surface area contributed by atoms with Crippen molar-refractivity contribution in [1.29, 1.82) is 0 Å². The van der Waals surface area contributed by atoms with Gasteiger partial charge in [-0.2, -0.15) is 0 Å². The maximum absolute atomic E-state index is 12.5. The molecule has 0 radical (unpaired) electrons. The van der Waals surface area contributed by atoms with Gasteiger partial charge in [0.25, 0.3) is 0 Å². The molecule has 0 heterocycles. The molecule has 2 rings (SSSR count). The number of aliphatic hydroxyl groups is 1. The van der Waals surface area contributed by atoms with Crippen molar-refractivity contribution in [3.8, 4) is 0 Å². The van der Waals surface area contributed by atoms with Gasteiger partial charge in [-0.15, -0.1) is 0 Å². The van der Waals surface area contributed by atoms with Crippen LogP contribution in [0.4, 0.5) is 0 Å². The number of aryl methyl sites for hydroxylation is 1. The van der Waals surface area contributed by atoms with E-state index in [2.05, 4.69) is 4.72 Å². The second-order valence-corrected chi connectivity index (χ2v) is 7.77. The fourth-order valence-electron chi connectivity index (χ4n) is 3.04. The molecule has 0 aromatic heterocycles. The fourth-order valence-corrected chi connectivity index (χ4v) is 4.46. The summed E-state index contributed by atoms with van der Waals surface area (Å²) >= 11 is 0. The molecule has 21 heavy (non-hydrogen) atoms. The minimum absolute atomic E-state index is 0.147. The normalized spacial score (nSPS) is 16.5. The molecular formula is C16H25NO3S. The van der Waals surface area contributed by atoms with Crippen LogP contribution >= 0.6 is 0 Å². The number of sulfonamides is 1. The van der Waals surface area contributed by atoms with Gasteiger partial charge in [-0.25, -0.2) is 13.1 Å². The summed E-state index contributed by atoms with van der Waals surface area (Å²) in [5, 5.41) is 9.25. The predicted octanol–water partition coefficient (Wildman–Crippen LogP) is 2.65. The highest BCUT2D eigenvalue weighted by atomic mass is 32.2.